The second kappa shape index (κ2) is 21.2. The van der Waals surface area contributed by atoms with Crippen molar-refractivity contribution in [1.29, 1.82) is 0 Å². The van der Waals surface area contributed by atoms with Crippen LogP contribution in [0.15, 0.2) is 87.8 Å². The number of phenols is 1. The van der Waals surface area contributed by atoms with Crippen molar-refractivity contribution in [2.24, 2.45) is 23.7 Å². The Kier molecular flexibility index (Phi) is 15.2. The number of phenolic OH excluding ortho intramolecular Hbond substituents is 1. The largest absolute Gasteiger partial charge is 0.505 e. The number of nitrogens with one attached hydrogen (secondary N) is 1. The van der Waals surface area contributed by atoms with E-state index in [4.69, 9.17) is 37.8 Å². The summed E-state index contributed by atoms with van der Waals surface area (Å²) in [4.78, 5) is 63.4. The van der Waals surface area contributed by atoms with E-state index in [0.29, 0.717) is 19.0 Å². The molecule has 4 N–H and O–H groups in total. The summed E-state index contributed by atoms with van der Waals surface area (Å²) in [6.07, 6.45) is 3.57. The normalized spacial score (nSPS) is 28.3. The molecule has 382 valence electrons. The molecule has 17 heteroatoms. The summed E-state index contributed by atoms with van der Waals surface area (Å²) < 4.78 is 42.5. The summed E-state index contributed by atoms with van der Waals surface area (Å²) >= 11 is 0. The van der Waals surface area contributed by atoms with Crippen LogP contribution < -0.4 is 20.2 Å². The molecule has 1 saturated heterocycles. The molecule has 1 amide bonds. The zero-order chi connectivity index (χ0) is 51.8. The van der Waals surface area contributed by atoms with Gasteiger partial charge in [-0.3, -0.25) is 24.1 Å². The van der Waals surface area contributed by atoms with Gasteiger partial charge in [-0.05, 0) is 43.2 Å². The van der Waals surface area contributed by atoms with Gasteiger partial charge in [0.05, 0.1) is 48.7 Å². The highest BCUT2D eigenvalue weighted by Gasteiger charge is 2.50. The second-order valence-electron chi connectivity index (χ2n) is 19.3. The van der Waals surface area contributed by atoms with Crippen molar-refractivity contribution in [2.75, 3.05) is 38.7 Å². The number of methoxy groups -OCH3 is 1. The Morgan fingerprint density at radius 2 is 1.62 bits per heavy atom. The number of carbonyl (C=O) groups is 3. The minimum atomic E-state index is -2.08. The molecule has 0 spiro atoms. The van der Waals surface area contributed by atoms with Crippen LogP contribution in [-0.2, 0) is 41.7 Å². The fourth-order valence-electron chi connectivity index (χ4n) is 9.84. The van der Waals surface area contributed by atoms with Crippen LogP contribution in [0.5, 0.6) is 17.2 Å². The van der Waals surface area contributed by atoms with E-state index in [1.54, 1.807) is 58.0 Å². The summed E-state index contributed by atoms with van der Waals surface area (Å²) in [6.45, 7) is 16.7. The highest BCUT2D eigenvalue weighted by Crippen LogP contribution is 2.49. The molecule has 1 aromatic heterocycles. The number of para-hydroxylation sites is 1. The third-order valence-corrected chi connectivity index (χ3v) is 14.3. The molecule has 4 heterocycles. The predicted octanol–water partition coefficient (Wildman–Crippen LogP) is 7.41. The standard InChI is InChI=1S/C55H63N3O14/c1-28-12-10-13-29(2)54(65)57-45-49(63)41-40(44-52(45)71-39-15-11-14-38(43(39)56-44)68-27-36-18-16-35(17-19-36)26-58-21-24-67-25-22-58)42-51(33(6)48(41)62)72-55(8,53(42)64)69-23-20-37(66-9)30(3)50(70-34(7)59)32(5)47(61)31(4)46(28)60/h10-20,23,28,30-32,37,46-47,50,60-61,63H,21-22,24-27H2,1-9H3,(H,57,65)/b12-10+,23-20+,29-13-/t28-,30+,31+,32+,37-,46-,47+,50+,55-/m0/s1. The van der Waals surface area contributed by atoms with Crippen LogP contribution in [0.3, 0.4) is 0 Å². The Morgan fingerprint density at radius 3 is 2.32 bits per heavy atom. The first-order valence-corrected chi connectivity index (χ1v) is 24.2. The number of aromatic hydroxyl groups is 1. The lowest BCUT2D eigenvalue weighted by Gasteiger charge is -2.38. The topological polar surface area (TPSA) is 226 Å². The molecule has 0 radical (unpaired) electrons. The number of esters is 1. The van der Waals surface area contributed by atoms with Crippen LogP contribution in [0.1, 0.15) is 75.5 Å². The molecule has 4 aromatic carbocycles. The van der Waals surface area contributed by atoms with E-state index >= 15 is 0 Å². The zero-order valence-electron chi connectivity index (χ0n) is 42.0. The zero-order valence-corrected chi connectivity index (χ0v) is 42.0. The van der Waals surface area contributed by atoms with Gasteiger partial charge in [0.25, 0.3) is 11.7 Å². The molecule has 0 aliphatic carbocycles. The minimum absolute atomic E-state index is 0.0239. The molecule has 8 rings (SSSR count). The summed E-state index contributed by atoms with van der Waals surface area (Å²) in [6, 6.07) is 13.2. The SMILES string of the molecule is CO[C@H]1/C=C/O[C@@]2(C)Oc3c(C)c(=O)c4c(O)c(c5oc6cccc(OCc7ccc(CN8CCOCC8)cc7)c6nc5c4c3C2=O)NC(=O)/C(C)=C\C=C\[C@H](C)[C@H](O)[C@@H](C)[C@@H](O)[C@@H](C)[C@H](OC(C)=O)[C@@H]1C. The number of fused-ring (bicyclic) bond motifs is 2. The number of ether oxygens (including phenoxy) is 6. The van der Waals surface area contributed by atoms with E-state index in [2.05, 4.69) is 22.3 Å². The lowest BCUT2D eigenvalue weighted by Crippen LogP contribution is -2.46. The summed E-state index contributed by atoms with van der Waals surface area (Å²) in [5.41, 5.74) is 1.29. The number of rotatable bonds is 7. The van der Waals surface area contributed by atoms with Gasteiger partial charge in [-0.1, -0.05) is 76.3 Å². The number of hydrogen-bond acceptors (Lipinski definition) is 16. The van der Waals surface area contributed by atoms with Crippen molar-refractivity contribution in [3.05, 3.63) is 111 Å². The van der Waals surface area contributed by atoms with Crippen LogP contribution in [0.25, 0.3) is 33.0 Å². The summed E-state index contributed by atoms with van der Waals surface area (Å²) in [5.74, 6) is -7.09. The van der Waals surface area contributed by atoms with Crippen LogP contribution >= 0.6 is 0 Å². The van der Waals surface area contributed by atoms with E-state index in [-0.39, 0.29) is 67.7 Å². The van der Waals surface area contributed by atoms with Crippen LogP contribution in [0.2, 0.25) is 0 Å². The Morgan fingerprint density at radius 1 is 0.917 bits per heavy atom. The quantitative estimate of drug-likeness (QED) is 0.0539. The smallest absolute Gasteiger partial charge is 0.312 e. The third kappa shape index (κ3) is 10.1. The Balaban J connectivity index is 1.26. The Labute approximate surface area is 417 Å². The van der Waals surface area contributed by atoms with Gasteiger partial charge < -0.3 is 53.5 Å². The first kappa shape index (κ1) is 51.7. The van der Waals surface area contributed by atoms with Gasteiger partial charge in [0, 0.05) is 80.8 Å². The molecular weight excluding hydrogens is 927 g/mol. The lowest BCUT2D eigenvalue weighted by molar-refractivity contribution is -0.160. The minimum Gasteiger partial charge on any atom is -0.505 e. The number of allylic oxidation sites excluding steroid dienone is 2. The summed E-state index contributed by atoms with van der Waals surface area (Å²) in [7, 11) is 1.44. The molecule has 1 fully saturated rings. The van der Waals surface area contributed by atoms with E-state index in [0.717, 1.165) is 30.8 Å². The molecule has 3 aliphatic heterocycles. The van der Waals surface area contributed by atoms with Gasteiger partial charge in [-0.2, -0.15) is 0 Å². The number of amides is 1. The average Bonchev–Trinajstić information content (AvgIpc) is 3.63. The highest BCUT2D eigenvalue weighted by atomic mass is 16.7. The van der Waals surface area contributed by atoms with Gasteiger partial charge in [0.15, 0.2) is 22.3 Å². The van der Waals surface area contributed by atoms with Crippen molar-refractivity contribution in [3.8, 4) is 17.2 Å². The maximum absolute atomic E-state index is 14.9. The number of benzene rings is 4. The van der Waals surface area contributed by atoms with E-state index in [1.807, 2.05) is 12.1 Å². The lowest BCUT2D eigenvalue weighted by atomic mass is 9.78. The number of ketones is 1. The van der Waals surface area contributed by atoms with Crippen LogP contribution in [0, 0.1) is 30.6 Å². The Hall–Kier alpha value is -6.63. The van der Waals surface area contributed by atoms with E-state index in [9.17, 15) is 34.5 Å². The van der Waals surface area contributed by atoms with Gasteiger partial charge in [0.2, 0.25) is 0 Å². The van der Waals surface area contributed by atoms with E-state index < -0.39 is 82.7 Å². The van der Waals surface area contributed by atoms with Crippen molar-refractivity contribution in [3.63, 3.8) is 0 Å². The predicted molar refractivity (Wildman–Crippen MR) is 269 cm³/mol. The number of nitrogens with zero attached hydrogens (tertiary/aromatic N) is 2. The molecule has 0 unspecified atom stereocenters. The molecule has 9 atom stereocenters. The van der Waals surface area contributed by atoms with Gasteiger partial charge in [0.1, 0.15) is 40.9 Å². The van der Waals surface area contributed by atoms with E-state index in [1.165, 1.54) is 53.2 Å². The maximum Gasteiger partial charge on any atom is 0.312 e. The van der Waals surface area contributed by atoms with Gasteiger partial charge >= 0.3 is 11.8 Å². The molecule has 17 nitrogen and oxygen atoms in total. The molecule has 0 saturated carbocycles. The molecule has 3 aliphatic rings. The Bertz CT molecular complexity index is 3050. The number of carbonyl (C=O) groups excluding carboxylic acids is 3. The average molecular weight is 990 g/mol. The first-order chi connectivity index (χ1) is 34.3. The maximum atomic E-state index is 14.9. The number of anilines is 1. The molecular formula is C55H63N3O14. The fraction of sp³-hybridized carbons (Fsp3) is 0.436. The van der Waals surface area contributed by atoms with Crippen molar-refractivity contribution in [1.82, 2.24) is 9.88 Å². The molecule has 4 bridgehead atoms. The van der Waals surface area contributed by atoms with Gasteiger partial charge in [-0.15, -0.1) is 0 Å². The van der Waals surface area contributed by atoms with Gasteiger partial charge in [-0.25, -0.2) is 4.98 Å². The van der Waals surface area contributed by atoms with Crippen molar-refractivity contribution >= 4 is 56.3 Å². The number of aromatic nitrogens is 1. The molecule has 5 aromatic rings. The summed E-state index contributed by atoms with van der Waals surface area (Å²) in [5, 5.41) is 37.6. The number of morpholine rings is 1. The van der Waals surface area contributed by atoms with Crippen molar-refractivity contribution in [2.45, 2.75) is 98.7 Å². The number of aliphatic hydroxyl groups is 2. The number of aliphatic hydroxyl groups excluding tert-OH is 2. The fourth-order valence-corrected chi connectivity index (χ4v) is 9.84. The highest BCUT2D eigenvalue weighted by molar-refractivity contribution is 6.26. The first-order valence-electron chi connectivity index (χ1n) is 24.2. The number of Topliss-reactive ketones (excluding diaryl/α,β-unsaturated/α-hetero) is 1. The molecule has 72 heavy (non-hydrogen) atoms. The van der Waals surface area contributed by atoms with Crippen LogP contribution in [0.4, 0.5) is 5.69 Å². The van der Waals surface area contributed by atoms with Crippen molar-refractivity contribution < 1.29 is 62.5 Å². The van der Waals surface area contributed by atoms with Crippen LogP contribution in [-0.4, -0.2) is 106 Å². The second-order valence-corrected chi connectivity index (χ2v) is 19.3. The third-order valence-electron chi connectivity index (χ3n) is 14.3. The monoisotopic (exact) mass is 989 g/mol. The number of hydrogen-bond donors (Lipinski definition) is 4.